The van der Waals surface area contributed by atoms with Crippen molar-refractivity contribution in [3.63, 3.8) is 0 Å². The van der Waals surface area contributed by atoms with E-state index in [1.54, 1.807) is 11.0 Å². The monoisotopic (exact) mass is 506 g/mol. The van der Waals surface area contributed by atoms with Gasteiger partial charge in [0.05, 0.1) is 18.2 Å². The number of rotatable bonds is 10. The fourth-order valence-corrected chi connectivity index (χ4v) is 4.93. The van der Waals surface area contributed by atoms with E-state index in [1.165, 1.54) is 0 Å². The standard InChI is InChI=1S/C30H38N2O5/c1-19(2)12-15-36-24-9-6-8-21(18-24)27-26(29(34)30(35)32(27)14-7-13-31(4)5)28(33)22-10-11-25-23(17-22)16-20(3)37-25/h6,8-11,17-20,27,33H,7,12-16H2,1-5H3/b28-26+/t20-,27+/m1/s1. The Morgan fingerprint density at radius 2 is 1.97 bits per heavy atom. The molecule has 4 rings (SSSR count). The third-order valence-electron chi connectivity index (χ3n) is 6.85. The highest BCUT2D eigenvalue weighted by molar-refractivity contribution is 6.46. The molecule has 1 amide bonds. The Balaban J connectivity index is 1.73. The van der Waals surface area contributed by atoms with Crippen molar-refractivity contribution in [1.29, 1.82) is 0 Å². The normalized spacial score (nSPS) is 20.6. The summed E-state index contributed by atoms with van der Waals surface area (Å²) >= 11 is 0. The zero-order valence-corrected chi connectivity index (χ0v) is 22.5. The molecule has 7 nitrogen and oxygen atoms in total. The van der Waals surface area contributed by atoms with E-state index in [9.17, 15) is 14.7 Å². The van der Waals surface area contributed by atoms with Gasteiger partial charge < -0.3 is 24.4 Å². The molecule has 0 aromatic heterocycles. The van der Waals surface area contributed by atoms with Crippen molar-refractivity contribution >= 4 is 17.4 Å². The Hall–Kier alpha value is -3.32. The third-order valence-corrected chi connectivity index (χ3v) is 6.85. The fourth-order valence-electron chi connectivity index (χ4n) is 4.93. The summed E-state index contributed by atoms with van der Waals surface area (Å²) in [5.74, 6) is 0.578. The van der Waals surface area contributed by atoms with Gasteiger partial charge in [-0.15, -0.1) is 0 Å². The molecule has 2 aromatic carbocycles. The largest absolute Gasteiger partial charge is 0.507 e. The second-order valence-electron chi connectivity index (χ2n) is 10.7. The number of amides is 1. The van der Waals surface area contributed by atoms with Gasteiger partial charge in [-0.1, -0.05) is 26.0 Å². The number of hydrogen-bond donors (Lipinski definition) is 1. The van der Waals surface area contributed by atoms with E-state index in [2.05, 4.69) is 13.8 Å². The summed E-state index contributed by atoms with van der Waals surface area (Å²) in [4.78, 5) is 30.2. The second kappa shape index (κ2) is 11.4. The molecule has 0 bridgehead atoms. The highest BCUT2D eigenvalue weighted by Crippen LogP contribution is 2.41. The van der Waals surface area contributed by atoms with Crippen molar-refractivity contribution < 1.29 is 24.2 Å². The molecule has 2 aromatic rings. The maximum absolute atomic E-state index is 13.4. The van der Waals surface area contributed by atoms with Gasteiger partial charge in [0, 0.05) is 18.5 Å². The highest BCUT2D eigenvalue weighted by atomic mass is 16.5. The molecular formula is C30H38N2O5. The van der Waals surface area contributed by atoms with E-state index in [1.807, 2.05) is 62.3 Å². The average molecular weight is 507 g/mol. The number of benzene rings is 2. The van der Waals surface area contributed by atoms with Gasteiger partial charge in [-0.2, -0.15) is 0 Å². The van der Waals surface area contributed by atoms with Crippen LogP contribution < -0.4 is 9.47 Å². The number of fused-ring (bicyclic) bond motifs is 1. The van der Waals surface area contributed by atoms with Crippen LogP contribution >= 0.6 is 0 Å². The number of ketones is 1. The van der Waals surface area contributed by atoms with Gasteiger partial charge in [0.25, 0.3) is 11.7 Å². The first-order valence-corrected chi connectivity index (χ1v) is 13.1. The van der Waals surface area contributed by atoms with Crippen molar-refractivity contribution in [2.24, 2.45) is 5.92 Å². The molecule has 1 fully saturated rings. The number of carbonyl (C=O) groups excluding carboxylic acids is 2. The number of Topliss-reactive ketones (excluding diaryl/α,β-unsaturated/α-hetero) is 1. The van der Waals surface area contributed by atoms with Crippen LogP contribution in [0.15, 0.2) is 48.0 Å². The summed E-state index contributed by atoms with van der Waals surface area (Å²) in [7, 11) is 3.95. The third kappa shape index (κ3) is 5.99. The zero-order valence-electron chi connectivity index (χ0n) is 22.5. The number of aliphatic hydroxyl groups is 1. The second-order valence-corrected chi connectivity index (χ2v) is 10.7. The van der Waals surface area contributed by atoms with Crippen LogP contribution in [0.3, 0.4) is 0 Å². The van der Waals surface area contributed by atoms with E-state index in [0.29, 0.717) is 36.8 Å². The Morgan fingerprint density at radius 1 is 1.19 bits per heavy atom. The molecular weight excluding hydrogens is 468 g/mol. The number of likely N-dealkylation sites (tertiary alicyclic amines) is 1. The summed E-state index contributed by atoms with van der Waals surface area (Å²) < 4.78 is 11.8. The van der Waals surface area contributed by atoms with Gasteiger partial charge in [-0.05, 0) is 87.8 Å². The maximum Gasteiger partial charge on any atom is 0.295 e. The molecule has 1 N–H and O–H groups in total. The van der Waals surface area contributed by atoms with Gasteiger partial charge in [-0.3, -0.25) is 9.59 Å². The lowest BCUT2D eigenvalue weighted by Crippen LogP contribution is -2.32. The minimum atomic E-state index is -0.695. The first-order chi connectivity index (χ1) is 17.7. The SMILES string of the molecule is CC(C)CCOc1cccc([C@H]2/C(=C(\O)c3ccc4c(c3)C[C@@H](C)O4)C(=O)C(=O)N2CCCN(C)C)c1. The van der Waals surface area contributed by atoms with Crippen LogP contribution in [0.1, 0.15) is 56.3 Å². The smallest absolute Gasteiger partial charge is 0.295 e. The molecule has 0 unspecified atom stereocenters. The number of hydrogen-bond acceptors (Lipinski definition) is 6. The number of aliphatic hydroxyl groups excluding tert-OH is 1. The number of ether oxygens (including phenoxy) is 2. The van der Waals surface area contributed by atoms with Crippen molar-refractivity contribution in [1.82, 2.24) is 9.80 Å². The molecule has 198 valence electrons. The van der Waals surface area contributed by atoms with Crippen LogP contribution in [-0.2, 0) is 16.0 Å². The molecule has 1 saturated heterocycles. The Bertz CT molecular complexity index is 1190. The maximum atomic E-state index is 13.4. The molecule has 2 heterocycles. The fraction of sp³-hybridized carbons (Fsp3) is 0.467. The zero-order chi connectivity index (χ0) is 26.7. The molecule has 2 atom stereocenters. The van der Waals surface area contributed by atoms with Gasteiger partial charge in [0.1, 0.15) is 23.4 Å². The molecule has 0 saturated carbocycles. The van der Waals surface area contributed by atoms with E-state index in [0.717, 1.165) is 36.3 Å². The molecule has 7 heteroatoms. The van der Waals surface area contributed by atoms with Crippen LogP contribution in [-0.4, -0.2) is 66.5 Å². The summed E-state index contributed by atoms with van der Waals surface area (Å²) in [6, 6.07) is 12.2. The van der Waals surface area contributed by atoms with E-state index < -0.39 is 17.7 Å². The Morgan fingerprint density at radius 3 is 2.70 bits per heavy atom. The number of carbonyl (C=O) groups is 2. The Labute approximate surface area is 219 Å². The van der Waals surface area contributed by atoms with Crippen LogP contribution in [0.25, 0.3) is 5.76 Å². The van der Waals surface area contributed by atoms with Crippen molar-refractivity contribution in [2.45, 2.75) is 52.2 Å². The minimum absolute atomic E-state index is 0.0631. The summed E-state index contributed by atoms with van der Waals surface area (Å²) in [6.07, 6.45) is 2.42. The van der Waals surface area contributed by atoms with E-state index in [-0.39, 0.29) is 17.4 Å². The van der Waals surface area contributed by atoms with Crippen molar-refractivity contribution in [2.75, 3.05) is 33.8 Å². The predicted octanol–water partition coefficient (Wildman–Crippen LogP) is 4.81. The minimum Gasteiger partial charge on any atom is -0.507 e. The lowest BCUT2D eigenvalue weighted by Gasteiger charge is -2.26. The van der Waals surface area contributed by atoms with Crippen molar-refractivity contribution in [3.8, 4) is 11.5 Å². The molecule has 0 spiro atoms. The predicted molar refractivity (Wildman–Crippen MR) is 144 cm³/mol. The van der Waals surface area contributed by atoms with Gasteiger partial charge >= 0.3 is 0 Å². The Kier molecular flexibility index (Phi) is 8.22. The lowest BCUT2D eigenvalue weighted by atomic mass is 9.94. The van der Waals surface area contributed by atoms with Crippen LogP contribution in [0.2, 0.25) is 0 Å². The molecule has 0 radical (unpaired) electrons. The molecule has 37 heavy (non-hydrogen) atoms. The van der Waals surface area contributed by atoms with Gasteiger partial charge in [0.2, 0.25) is 0 Å². The van der Waals surface area contributed by atoms with Crippen LogP contribution in [0.5, 0.6) is 11.5 Å². The van der Waals surface area contributed by atoms with E-state index in [4.69, 9.17) is 9.47 Å². The van der Waals surface area contributed by atoms with E-state index >= 15 is 0 Å². The average Bonchev–Trinajstić information content (AvgIpc) is 3.34. The first kappa shape index (κ1) is 26.7. The summed E-state index contributed by atoms with van der Waals surface area (Å²) in [5.41, 5.74) is 2.35. The summed E-state index contributed by atoms with van der Waals surface area (Å²) in [5, 5.41) is 11.4. The number of nitrogens with zero attached hydrogens (tertiary/aromatic N) is 2. The molecule has 2 aliphatic rings. The molecule has 0 aliphatic carbocycles. The van der Waals surface area contributed by atoms with Gasteiger partial charge in [0.15, 0.2) is 0 Å². The quantitative estimate of drug-likeness (QED) is 0.283. The lowest BCUT2D eigenvalue weighted by molar-refractivity contribution is -0.139. The van der Waals surface area contributed by atoms with Crippen molar-refractivity contribution in [3.05, 3.63) is 64.7 Å². The van der Waals surface area contributed by atoms with Crippen LogP contribution in [0, 0.1) is 5.92 Å². The first-order valence-electron chi connectivity index (χ1n) is 13.1. The van der Waals surface area contributed by atoms with Crippen LogP contribution in [0.4, 0.5) is 0 Å². The van der Waals surface area contributed by atoms with Gasteiger partial charge in [-0.25, -0.2) is 0 Å². The molecule has 2 aliphatic heterocycles. The topological polar surface area (TPSA) is 79.3 Å². The summed E-state index contributed by atoms with van der Waals surface area (Å²) in [6.45, 7) is 8.05. The highest BCUT2D eigenvalue weighted by Gasteiger charge is 2.46.